The van der Waals surface area contributed by atoms with Gasteiger partial charge < -0.3 is 10.0 Å². The lowest BCUT2D eigenvalue weighted by molar-refractivity contribution is -0.220. The highest BCUT2D eigenvalue weighted by molar-refractivity contribution is 5.63. The molecule has 0 aromatic heterocycles. The first-order valence-corrected chi connectivity index (χ1v) is 9.81. The van der Waals surface area contributed by atoms with Crippen LogP contribution in [0.1, 0.15) is 44.2 Å². The van der Waals surface area contributed by atoms with Crippen LogP contribution in [0.2, 0.25) is 0 Å². The van der Waals surface area contributed by atoms with Gasteiger partial charge in [0, 0.05) is 24.3 Å². The van der Waals surface area contributed by atoms with Gasteiger partial charge in [0.05, 0.1) is 11.7 Å². The van der Waals surface area contributed by atoms with Gasteiger partial charge >= 0.3 is 6.18 Å². The molecule has 2 heterocycles. The minimum absolute atomic E-state index is 0.0502. The van der Waals surface area contributed by atoms with Gasteiger partial charge in [-0.2, -0.15) is 13.2 Å². The van der Waals surface area contributed by atoms with Crippen molar-refractivity contribution in [3.63, 3.8) is 0 Å². The minimum Gasteiger partial charge on any atom is -0.378 e. The molecule has 1 aliphatic carbocycles. The largest absolute Gasteiger partial charge is 0.398 e. The molecule has 2 fully saturated rings. The Morgan fingerprint density at radius 3 is 2.64 bits per heavy atom. The molecule has 1 saturated carbocycles. The number of alkyl halides is 3. The van der Waals surface area contributed by atoms with Gasteiger partial charge in [0.2, 0.25) is 0 Å². The monoisotopic (exact) mass is 393 g/mol. The number of hydrogen-bond donors (Lipinski definition) is 3. The van der Waals surface area contributed by atoms with Crippen LogP contribution in [0.5, 0.6) is 0 Å². The summed E-state index contributed by atoms with van der Waals surface area (Å²) in [5.41, 5.74) is 0.308. The van der Waals surface area contributed by atoms with E-state index in [2.05, 4.69) is 33.4 Å². The van der Waals surface area contributed by atoms with Crippen LogP contribution in [0.4, 0.5) is 18.9 Å². The first kappa shape index (κ1) is 19.6. The fourth-order valence-electron chi connectivity index (χ4n) is 3.95. The quantitative estimate of drug-likeness (QED) is 0.418. The minimum atomic E-state index is -4.41. The Morgan fingerprint density at radius 2 is 2.04 bits per heavy atom. The van der Waals surface area contributed by atoms with Gasteiger partial charge in [0.15, 0.2) is 0 Å². The lowest BCUT2D eigenvalue weighted by atomic mass is 9.95. The Balaban J connectivity index is 1.53. The molecule has 4 rings (SSSR count). The summed E-state index contributed by atoms with van der Waals surface area (Å²) >= 11 is 0. The van der Waals surface area contributed by atoms with E-state index in [-0.39, 0.29) is 12.8 Å². The van der Waals surface area contributed by atoms with Gasteiger partial charge in [-0.3, -0.25) is 10.6 Å². The van der Waals surface area contributed by atoms with Gasteiger partial charge in [-0.25, -0.2) is 0 Å². The van der Waals surface area contributed by atoms with Crippen molar-refractivity contribution in [2.45, 2.75) is 63.6 Å². The van der Waals surface area contributed by atoms with E-state index in [4.69, 9.17) is 0 Å². The molecule has 1 aromatic rings. The Morgan fingerprint density at radius 1 is 1.32 bits per heavy atom. The highest BCUT2D eigenvalue weighted by atomic mass is 19.4. The van der Waals surface area contributed by atoms with E-state index < -0.39 is 23.4 Å². The molecule has 28 heavy (non-hydrogen) atoms. The van der Waals surface area contributed by atoms with Crippen molar-refractivity contribution in [2.75, 3.05) is 18.0 Å². The fourth-order valence-corrected chi connectivity index (χ4v) is 3.95. The summed E-state index contributed by atoms with van der Waals surface area (Å²) in [7, 11) is 0. The third kappa shape index (κ3) is 3.61. The van der Waals surface area contributed by atoms with Crippen LogP contribution in [0.15, 0.2) is 18.2 Å². The van der Waals surface area contributed by atoms with Crippen molar-refractivity contribution in [3.8, 4) is 11.8 Å². The molecule has 0 amide bonds. The maximum Gasteiger partial charge on any atom is 0.398 e. The lowest BCUT2D eigenvalue weighted by Gasteiger charge is -2.32. The molecule has 2 aliphatic heterocycles. The maximum atomic E-state index is 13.2. The molecule has 3 N–H and O–H groups in total. The normalized spacial score (nSPS) is 24.1. The van der Waals surface area contributed by atoms with Crippen molar-refractivity contribution in [1.82, 2.24) is 10.6 Å². The molecule has 3 aliphatic rings. The third-order valence-corrected chi connectivity index (χ3v) is 5.93. The number of hydrogen-bond acceptors (Lipinski definition) is 4. The zero-order chi connectivity index (χ0) is 20.2. The first-order valence-electron chi connectivity index (χ1n) is 9.81. The average Bonchev–Trinajstić information content (AvgIpc) is 3.51. The molecular formula is C21H26F3N3O. The highest BCUT2D eigenvalue weighted by Gasteiger charge is 2.67. The standard InChI is InChI=1S/C21H26F3N3O/c1-19(2,26-18(28)20(10-11-20)21(22,23)24)9-8-14-5-3-7-16-15(14)6-4-12-27(16)17-13-25-17/h3,5,7,17-18,25-26,28H,4,6,10-13H2,1-2H3. The van der Waals surface area contributed by atoms with Gasteiger partial charge in [0.25, 0.3) is 0 Å². The summed E-state index contributed by atoms with van der Waals surface area (Å²) in [4.78, 5) is 2.36. The van der Waals surface area contributed by atoms with E-state index in [1.165, 1.54) is 11.3 Å². The molecule has 0 radical (unpaired) electrons. The van der Waals surface area contributed by atoms with Crippen molar-refractivity contribution in [2.24, 2.45) is 5.41 Å². The number of anilines is 1. The number of rotatable bonds is 4. The van der Waals surface area contributed by atoms with E-state index in [9.17, 15) is 18.3 Å². The summed E-state index contributed by atoms with van der Waals surface area (Å²) in [6.07, 6.45) is -3.78. The van der Waals surface area contributed by atoms with Crippen molar-refractivity contribution in [1.29, 1.82) is 0 Å². The third-order valence-electron chi connectivity index (χ3n) is 5.93. The van der Waals surface area contributed by atoms with E-state index in [0.29, 0.717) is 6.17 Å². The van der Waals surface area contributed by atoms with Gasteiger partial charge in [0.1, 0.15) is 11.6 Å². The van der Waals surface area contributed by atoms with Gasteiger partial charge in [-0.15, -0.1) is 0 Å². The maximum absolute atomic E-state index is 13.2. The lowest BCUT2D eigenvalue weighted by Crippen LogP contribution is -2.53. The fraction of sp³-hybridized carbons (Fsp3) is 0.619. The number of benzene rings is 1. The second-order valence-corrected chi connectivity index (χ2v) is 8.60. The van der Waals surface area contributed by atoms with E-state index >= 15 is 0 Å². The van der Waals surface area contributed by atoms with Crippen LogP contribution in [0.25, 0.3) is 0 Å². The van der Waals surface area contributed by atoms with Crippen LogP contribution in [0.3, 0.4) is 0 Å². The molecular weight excluding hydrogens is 367 g/mol. The number of halogens is 3. The van der Waals surface area contributed by atoms with E-state index in [1.807, 2.05) is 12.1 Å². The predicted octanol–water partition coefficient (Wildman–Crippen LogP) is 2.75. The molecule has 0 bridgehead atoms. The first-order chi connectivity index (χ1) is 13.1. The van der Waals surface area contributed by atoms with Crippen molar-refractivity contribution < 1.29 is 18.3 Å². The van der Waals surface area contributed by atoms with Crippen molar-refractivity contribution in [3.05, 3.63) is 29.3 Å². The van der Waals surface area contributed by atoms with E-state index in [0.717, 1.165) is 31.5 Å². The van der Waals surface area contributed by atoms with Crippen LogP contribution in [0, 0.1) is 17.3 Å². The molecule has 2 unspecified atom stereocenters. The number of aliphatic hydroxyl groups excluding tert-OH is 1. The van der Waals surface area contributed by atoms with Crippen LogP contribution in [-0.4, -0.2) is 42.3 Å². The second-order valence-electron chi connectivity index (χ2n) is 8.60. The smallest absolute Gasteiger partial charge is 0.378 e. The average molecular weight is 393 g/mol. The summed E-state index contributed by atoms with van der Waals surface area (Å²) < 4.78 is 39.7. The van der Waals surface area contributed by atoms with Crippen LogP contribution >= 0.6 is 0 Å². The summed E-state index contributed by atoms with van der Waals surface area (Å²) in [5, 5.41) is 16.2. The highest BCUT2D eigenvalue weighted by Crippen LogP contribution is 2.59. The Kier molecular flexibility index (Phi) is 4.65. The van der Waals surface area contributed by atoms with Crippen LogP contribution in [-0.2, 0) is 6.42 Å². The zero-order valence-electron chi connectivity index (χ0n) is 16.2. The Bertz CT molecular complexity index is 816. The SMILES string of the molecule is CC(C)(C#Cc1cccc2c1CCCN2C1CN1)NC(O)C1(C(F)(F)F)CC1. The molecule has 7 heteroatoms. The zero-order valence-corrected chi connectivity index (χ0v) is 16.2. The number of nitrogens with one attached hydrogen (secondary N) is 2. The molecule has 2 atom stereocenters. The number of aliphatic hydroxyl groups is 1. The Hall–Kier alpha value is -1.75. The van der Waals surface area contributed by atoms with Crippen LogP contribution < -0.4 is 15.5 Å². The molecule has 1 saturated heterocycles. The molecule has 1 aromatic carbocycles. The van der Waals surface area contributed by atoms with Crippen molar-refractivity contribution >= 4 is 5.69 Å². The topological polar surface area (TPSA) is 57.4 Å². The Labute approximate surface area is 163 Å². The van der Waals surface area contributed by atoms with Gasteiger partial charge in [-0.1, -0.05) is 17.9 Å². The molecule has 152 valence electrons. The summed E-state index contributed by atoms with van der Waals surface area (Å²) in [6, 6.07) is 6.04. The van der Waals surface area contributed by atoms with E-state index in [1.54, 1.807) is 13.8 Å². The number of nitrogens with zero attached hydrogens (tertiary/aromatic N) is 1. The predicted molar refractivity (Wildman–Crippen MR) is 102 cm³/mol. The second kappa shape index (κ2) is 6.65. The summed E-state index contributed by atoms with van der Waals surface area (Å²) in [5.74, 6) is 6.20. The summed E-state index contributed by atoms with van der Waals surface area (Å²) in [6.45, 7) is 5.41. The number of fused-ring (bicyclic) bond motifs is 1. The molecule has 0 spiro atoms. The molecule has 4 nitrogen and oxygen atoms in total. The van der Waals surface area contributed by atoms with Gasteiger partial charge in [-0.05, 0) is 57.2 Å².